The first-order chi connectivity index (χ1) is 11.8. The summed E-state index contributed by atoms with van der Waals surface area (Å²) in [6, 6.07) is 13.3. The van der Waals surface area contributed by atoms with E-state index in [4.69, 9.17) is 9.47 Å². The summed E-state index contributed by atoms with van der Waals surface area (Å²) >= 11 is 0. The largest absolute Gasteiger partial charge is 0.493 e. The summed E-state index contributed by atoms with van der Waals surface area (Å²) in [4.78, 5) is 11.5. The van der Waals surface area contributed by atoms with Crippen molar-refractivity contribution < 1.29 is 9.47 Å². The molecule has 2 aliphatic rings. The number of hydrogen-bond donors (Lipinski definition) is 2. The van der Waals surface area contributed by atoms with Crippen molar-refractivity contribution in [2.75, 3.05) is 14.2 Å². The average Bonchev–Trinajstić information content (AvgIpc) is 3.19. The molecule has 1 aliphatic carbocycles. The maximum atomic E-state index is 11.5. The number of aromatic amines is 2. The SMILES string of the molecule is COc1ccc(-c2[nH][nH]c3c4ccccc4c(N=O)c2-3)cc1OC. The molecule has 0 aromatic heterocycles. The molecule has 0 spiro atoms. The Morgan fingerprint density at radius 2 is 1.58 bits per heavy atom. The molecule has 2 aromatic carbocycles. The van der Waals surface area contributed by atoms with Crippen molar-refractivity contribution in [2.45, 2.75) is 0 Å². The van der Waals surface area contributed by atoms with E-state index < -0.39 is 0 Å². The van der Waals surface area contributed by atoms with Gasteiger partial charge < -0.3 is 9.47 Å². The topological polar surface area (TPSA) is 79.5 Å². The lowest BCUT2D eigenvalue weighted by Gasteiger charge is -2.09. The van der Waals surface area contributed by atoms with Crippen LogP contribution in [0.1, 0.15) is 0 Å². The zero-order valence-electron chi connectivity index (χ0n) is 13.2. The molecule has 6 heteroatoms. The number of methoxy groups -OCH3 is 2. The molecule has 0 atom stereocenters. The molecule has 0 fully saturated rings. The summed E-state index contributed by atoms with van der Waals surface area (Å²) in [6.45, 7) is 0. The highest BCUT2D eigenvalue weighted by molar-refractivity contribution is 6.14. The molecule has 0 unspecified atom stereocenters. The Labute approximate surface area is 137 Å². The third-order valence-corrected chi connectivity index (χ3v) is 4.26. The predicted octanol–water partition coefficient (Wildman–Crippen LogP) is 4.68. The van der Waals surface area contributed by atoms with Crippen LogP contribution in [0, 0.1) is 4.91 Å². The molecule has 0 amide bonds. The first kappa shape index (κ1) is 14.3. The molecule has 0 saturated heterocycles. The van der Waals surface area contributed by atoms with E-state index in [-0.39, 0.29) is 0 Å². The molecule has 6 nitrogen and oxygen atoms in total. The molecule has 2 N–H and O–H groups in total. The molecule has 0 bridgehead atoms. The second kappa shape index (κ2) is 5.42. The van der Waals surface area contributed by atoms with Gasteiger partial charge in [0.2, 0.25) is 0 Å². The van der Waals surface area contributed by atoms with Gasteiger partial charge in [0.1, 0.15) is 5.69 Å². The maximum Gasteiger partial charge on any atom is 0.161 e. The van der Waals surface area contributed by atoms with Gasteiger partial charge in [-0.05, 0) is 23.4 Å². The van der Waals surface area contributed by atoms with Crippen LogP contribution in [0.3, 0.4) is 0 Å². The Balaban J connectivity index is 1.98. The number of nitrogens with zero attached hydrogens (tertiary/aromatic N) is 1. The Morgan fingerprint density at radius 3 is 2.29 bits per heavy atom. The van der Waals surface area contributed by atoms with Crippen molar-refractivity contribution in [3.05, 3.63) is 47.4 Å². The average molecular weight is 321 g/mol. The van der Waals surface area contributed by atoms with Crippen LogP contribution >= 0.6 is 0 Å². The lowest BCUT2D eigenvalue weighted by molar-refractivity contribution is 0.355. The smallest absolute Gasteiger partial charge is 0.161 e. The molecule has 0 saturated carbocycles. The maximum absolute atomic E-state index is 11.5. The van der Waals surface area contributed by atoms with E-state index in [0.29, 0.717) is 17.2 Å². The lowest BCUT2D eigenvalue weighted by atomic mass is 10.1. The van der Waals surface area contributed by atoms with Crippen molar-refractivity contribution >= 4 is 16.5 Å². The van der Waals surface area contributed by atoms with E-state index in [0.717, 1.165) is 33.3 Å². The van der Waals surface area contributed by atoms with Gasteiger partial charge >= 0.3 is 0 Å². The van der Waals surface area contributed by atoms with Crippen LogP contribution < -0.4 is 9.47 Å². The summed E-state index contributed by atoms with van der Waals surface area (Å²) in [5.74, 6) is 1.27. The quantitative estimate of drug-likeness (QED) is 0.535. The van der Waals surface area contributed by atoms with Gasteiger partial charge in [0.25, 0.3) is 0 Å². The van der Waals surface area contributed by atoms with E-state index in [1.54, 1.807) is 14.2 Å². The molecular weight excluding hydrogens is 306 g/mol. The summed E-state index contributed by atoms with van der Waals surface area (Å²) in [5, 5.41) is 11.4. The molecule has 1 heterocycles. The molecule has 1 aliphatic heterocycles. The molecule has 0 radical (unpaired) electrons. The highest BCUT2D eigenvalue weighted by atomic mass is 16.5. The molecule has 4 rings (SSSR count). The van der Waals surface area contributed by atoms with Gasteiger partial charge in [-0.2, -0.15) is 0 Å². The Bertz CT molecular complexity index is 1020. The van der Waals surface area contributed by atoms with Crippen LogP contribution in [-0.4, -0.2) is 24.4 Å². The predicted molar refractivity (Wildman–Crippen MR) is 93.3 cm³/mol. The Hall–Kier alpha value is -3.28. The summed E-state index contributed by atoms with van der Waals surface area (Å²) in [5.41, 5.74) is 3.74. The van der Waals surface area contributed by atoms with Crippen LogP contribution in [-0.2, 0) is 0 Å². The molecule has 2 aromatic rings. The normalized spacial score (nSPS) is 11.1. The molecule has 24 heavy (non-hydrogen) atoms. The first-order valence-corrected chi connectivity index (χ1v) is 7.45. The van der Waals surface area contributed by atoms with Gasteiger partial charge in [0, 0.05) is 16.3 Å². The van der Waals surface area contributed by atoms with Gasteiger partial charge in [-0.15, -0.1) is 4.91 Å². The van der Waals surface area contributed by atoms with E-state index >= 15 is 0 Å². The summed E-state index contributed by atoms with van der Waals surface area (Å²) in [7, 11) is 3.18. The Morgan fingerprint density at radius 1 is 0.875 bits per heavy atom. The number of fused-ring (bicyclic) bond motifs is 3. The van der Waals surface area contributed by atoms with Crippen LogP contribution in [0.2, 0.25) is 0 Å². The second-order valence-corrected chi connectivity index (χ2v) is 5.43. The number of aromatic nitrogens is 2. The monoisotopic (exact) mass is 321 g/mol. The minimum atomic E-state index is 0.433. The van der Waals surface area contributed by atoms with Crippen LogP contribution in [0.15, 0.2) is 47.6 Å². The minimum absolute atomic E-state index is 0.433. The van der Waals surface area contributed by atoms with Crippen molar-refractivity contribution in [1.82, 2.24) is 10.2 Å². The number of nitrogens with one attached hydrogen (secondary N) is 2. The zero-order valence-corrected chi connectivity index (χ0v) is 13.2. The number of rotatable bonds is 4. The molecular formula is C18H15N3O3. The van der Waals surface area contributed by atoms with Crippen molar-refractivity contribution in [3.63, 3.8) is 0 Å². The number of benzene rings is 2. The van der Waals surface area contributed by atoms with Crippen molar-refractivity contribution in [2.24, 2.45) is 5.18 Å². The van der Waals surface area contributed by atoms with E-state index in [1.807, 2.05) is 42.5 Å². The fraction of sp³-hybridized carbons (Fsp3) is 0.111. The van der Waals surface area contributed by atoms with E-state index in [2.05, 4.69) is 15.4 Å². The fourth-order valence-electron chi connectivity index (χ4n) is 3.16. The van der Waals surface area contributed by atoms with Crippen molar-refractivity contribution in [3.8, 4) is 34.0 Å². The third-order valence-electron chi connectivity index (χ3n) is 4.26. The van der Waals surface area contributed by atoms with Gasteiger partial charge in [-0.1, -0.05) is 24.3 Å². The fourth-order valence-corrected chi connectivity index (χ4v) is 3.16. The van der Waals surface area contributed by atoms with Gasteiger partial charge in [-0.3, -0.25) is 10.2 Å². The van der Waals surface area contributed by atoms with Gasteiger partial charge in [-0.25, -0.2) is 0 Å². The highest BCUT2D eigenvalue weighted by Crippen LogP contribution is 2.48. The minimum Gasteiger partial charge on any atom is -0.493 e. The van der Waals surface area contributed by atoms with Gasteiger partial charge in [0.05, 0.1) is 31.2 Å². The van der Waals surface area contributed by atoms with Crippen LogP contribution in [0.5, 0.6) is 11.5 Å². The Kier molecular flexibility index (Phi) is 3.23. The second-order valence-electron chi connectivity index (χ2n) is 5.43. The third kappa shape index (κ3) is 1.89. The zero-order chi connectivity index (χ0) is 16.7. The summed E-state index contributed by atoms with van der Waals surface area (Å²) in [6.07, 6.45) is 0. The standard InChI is InChI=1S/C18H15N3O3/c1-23-13-8-7-10(9-14(13)24-2)16-15-17(20-19-16)11-5-3-4-6-12(11)18(15)21-22/h3-9,19-20H,1-2H3. The number of H-pyrrole nitrogens is 2. The van der Waals surface area contributed by atoms with E-state index in [1.165, 1.54) is 0 Å². The number of ether oxygens (including phenoxy) is 2. The van der Waals surface area contributed by atoms with Crippen LogP contribution in [0.25, 0.3) is 33.3 Å². The number of nitroso groups, excluding NO2 is 1. The summed E-state index contributed by atoms with van der Waals surface area (Å²) < 4.78 is 10.6. The van der Waals surface area contributed by atoms with E-state index in [9.17, 15) is 4.91 Å². The number of hydrogen-bond acceptors (Lipinski definition) is 4. The van der Waals surface area contributed by atoms with Crippen LogP contribution in [0.4, 0.5) is 5.69 Å². The molecule has 120 valence electrons. The van der Waals surface area contributed by atoms with Gasteiger partial charge in [0.15, 0.2) is 11.5 Å². The highest BCUT2D eigenvalue weighted by Gasteiger charge is 2.25. The lowest BCUT2D eigenvalue weighted by Crippen LogP contribution is -1.91. The first-order valence-electron chi connectivity index (χ1n) is 7.45. The van der Waals surface area contributed by atoms with Crippen molar-refractivity contribution in [1.29, 1.82) is 0 Å².